The fraction of sp³-hybridized carbons (Fsp3) is 0.529. The topological polar surface area (TPSA) is 62.1 Å². The molecule has 1 N–H and O–H groups in total. The molecule has 0 aromatic heterocycles. The average molecular weight is 286 g/mol. The third-order valence-corrected chi connectivity index (χ3v) is 3.92. The minimum Gasteiger partial charge on any atom is -0.484 e. The van der Waals surface area contributed by atoms with Gasteiger partial charge in [0.05, 0.1) is 6.07 Å². The molecule has 1 saturated carbocycles. The summed E-state index contributed by atoms with van der Waals surface area (Å²) in [5.74, 6) is 1.12. The first kappa shape index (κ1) is 15.4. The van der Waals surface area contributed by atoms with E-state index in [-0.39, 0.29) is 18.4 Å². The van der Waals surface area contributed by atoms with E-state index < -0.39 is 5.54 Å². The lowest BCUT2D eigenvalue weighted by Crippen LogP contribution is -2.48. The van der Waals surface area contributed by atoms with Crippen molar-refractivity contribution in [2.24, 2.45) is 5.92 Å². The fourth-order valence-electron chi connectivity index (χ4n) is 2.32. The molecule has 1 atom stereocenters. The van der Waals surface area contributed by atoms with Crippen molar-refractivity contribution in [2.75, 3.05) is 6.61 Å². The Hall–Kier alpha value is -2.02. The van der Waals surface area contributed by atoms with Crippen LogP contribution >= 0.6 is 0 Å². The van der Waals surface area contributed by atoms with E-state index in [0.717, 1.165) is 12.8 Å². The molecule has 0 spiro atoms. The minimum absolute atomic E-state index is 0.0639. The second-order valence-corrected chi connectivity index (χ2v) is 6.15. The van der Waals surface area contributed by atoms with Gasteiger partial charge in [0.15, 0.2) is 6.61 Å². The lowest BCUT2D eigenvalue weighted by molar-refractivity contribution is -0.124. The Morgan fingerprint density at radius 3 is 2.81 bits per heavy atom. The SMILES string of the molecule is CC(C)c1cccc(OCC(=O)NC(C)(C#N)C2CC2)c1. The largest absolute Gasteiger partial charge is 0.484 e. The summed E-state index contributed by atoms with van der Waals surface area (Å²) in [7, 11) is 0. The number of nitriles is 1. The van der Waals surface area contributed by atoms with Gasteiger partial charge < -0.3 is 10.1 Å². The van der Waals surface area contributed by atoms with Gasteiger partial charge in [0.25, 0.3) is 5.91 Å². The molecule has 1 fully saturated rings. The van der Waals surface area contributed by atoms with Gasteiger partial charge in [0.2, 0.25) is 0 Å². The Balaban J connectivity index is 1.89. The van der Waals surface area contributed by atoms with Crippen LogP contribution in [0.5, 0.6) is 5.75 Å². The van der Waals surface area contributed by atoms with E-state index >= 15 is 0 Å². The number of benzene rings is 1. The molecule has 0 saturated heterocycles. The molecule has 4 heteroatoms. The van der Waals surface area contributed by atoms with Crippen molar-refractivity contribution in [3.8, 4) is 11.8 Å². The number of amides is 1. The number of hydrogen-bond donors (Lipinski definition) is 1. The first-order valence-electron chi connectivity index (χ1n) is 7.39. The quantitative estimate of drug-likeness (QED) is 0.874. The molecule has 0 bridgehead atoms. The number of carbonyl (C=O) groups excluding carboxylic acids is 1. The van der Waals surface area contributed by atoms with E-state index in [4.69, 9.17) is 4.74 Å². The van der Waals surface area contributed by atoms with Gasteiger partial charge in [-0.15, -0.1) is 0 Å². The van der Waals surface area contributed by atoms with Crippen molar-refractivity contribution < 1.29 is 9.53 Å². The normalized spacial score (nSPS) is 16.9. The van der Waals surface area contributed by atoms with E-state index in [2.05, 4.69) is 25.2 Å². The van der Waals surface area contributed by atoms with Crippen LogP contribution < -0.4 is 10.1 Å². The van der Waals surface area contributed by atoms with E-state index in [1.54, 1.807) is 6.92 Å². The van der Waals surface area contributed by atoms with Crippen molar-refractivity contribution in [1.82, 2.24) is 5.32 Å². The molecular formula is C17H22N2O2. The van der Waals surface area contributed by atoms with Crippen molar-refractivity contribution in [3.05, 3.63) is 29.8 Å². The molecule has 1 aliphatic carbocycles. The van der Waals surface area contributed by atoms with Crippen LogP contribution in [0, 0.1) is 17.2 Å². The standard InChI is InChI=1S/C17H22N2O2/c1-12(2)13-5-4-6-15(9-13)21-10-16(20)19-17(3,11-18)14-7-8-14/h4-6,9,12,14H,7-8,10H2,1-3H3,(H,19,20). The summed E-state index contributed by atoms with van der Waals surface area (Å²) < 4.78 is 5.53. The van der Waals surface area contributed by atoms with Crippen molar-refractivity contribution in [1.29, 1.82) is 5.26 Å². The summed E-state index contributed by atoms with van der Waals surface area (Å²) in [4.78, 5) is 12.0. The third kappa shape index (κ3) is 3.98. The number of ether oxygens (including phenoxy) is 1. The van der Waals surface area contributed by atoms with E-state index in [9.17, 15) is 10.1 Å². The summed E-state index contributed by atoms with van der Waals surface area (Å²) in [6.45, 7) is 5.94. The van der Waals surface area contributed by atoms with Gasteiger partial charge in [0, 0.05) is 0 Å². The highest BCUT2D eigenvalue weighted by atomic mass is 16.5. The molecule has 1 aliphatic rings. The maximum absolute atomic E-state index is 12.0. The van der Waals surface area contributed by atoms with Crippen LogP contribution in [0.25, 0.3) is 0 Å². The second kappa shape index (κ2) is 6.17. The Morgan fingerprint density at radius 2 is 2.24 bits per heavy atom. The molecule has 21 heavy (non-hydrogen) atoms. The second-order valence-electron chi connectivity index (χ2n) is 6.15. The molecule has 2 rings (SSSR count). The molecule has 0 aliphatic heterocycles. The number of nitrogens with zero attached hydrogens (tertiary/aromatic N) is 1. The zero-order chi connectivity index (χ0) is 15.5. The van der Waals surface area contributed by atoms with E-state index in [0.29, 0.717) is 11.7 Å². The molecule has 0 radical (unpaired) electrons. The predicted molar refractivity (Wildman–Crippen MR) is 80.9 cm³/mol. The summed E-state index contributed by atoms with van der Waals surface area (Å²) in [6, 6.07) is 9.95. The van der Waals surface area contributed by atoms with Gasteiger partial charge in [-0.1, -0.05) is 26.0 Å². The minimum atomic E-state index is -0.764. The van der Waals surface area contributed by atoms with Crippen LogP contribution in [0.15, 0.2) is 24.3 Å². The highest BCUT2D eigenvalue weighted by Gasteiger charge is 2.43. The number of nitrogens with one attached hydrogen (secondary N) is 1. The molecule has 0 heterocycles. The summed E-state index contributed by atoms with van der Waals surface area (Å²) >= 11 is 0. The molecule has 112 valence electrons. The number of hydrogen-bond acceptors (Lipinski definition) is 3. The third-order valence-electron chi connectivity index (χ3n) is 3.92. The van der Waals surface area contributed by atoms with Gasteiger partial charge >= 0.3 is 0 Å². The monoisotopic (exact) mass is 286 g/mol. The number of rotatable bonds is 6. The highest BCUT2D eigenvalue weighted by Crippen LogP contribution is 2.39. The molecule has 1 unspecified atom stereocenters. The smallest absolute Gasteiger partial charge is 0.259 e. The maximum Gasteiger partial charge on any atom is 0.259 e. The van der Waals surface area contributed by atoms with Crippen molar-refractivity contribution in [2.45, 2.75) is 45.1 Å². The van der Waals surface area contributed by atoms with E-state index in [1.807, 2.05) is 24.3 Å². The van der Waals surface area contributed by atoms with E-state index in [1.165, 1.54) is 5.56 Å². The van der Waals surface area contributed by atoms with Crippen LogP contribution in [0.2, 0.25) is 0 Å². The number of carbonyl (C=O) groups is 1. The Labute approximate surface area is 126 Å². The van der Waals surface area contributed by atoms with Crippen LogP contribution in [0.3, 0.4) is 0 Å². The van der Waals surface area contributed by atoms with Gasteiger partial charge in [-0.05, 0) is 49.3 Å². The first-order valence-corrected chi connectivity index (χ1v) is 7.39. The molecule has 1 amide bonds. The average Bonchev–Trinajstić information content (AvgIpc) is 3.30. The van der Waals surface area contributed by atoms with Crippen LogP contribution in [-0.2, 0) is 4.79 Å². The van der Waals surface area contributed by atoms with Crippen molar-refractivity contribution >= 4 is 5.91 Å². The molecule has 4 nitrogen and oxygen atoms in total. The predicted octanol–water partition coefficient (Wildman–Crippen LogP) is 3.00. The Morgan fingerprint density at radius 1 is 1.52 bits per heavy atom. The lowest BCUT2D eigenvalue weighted by atomic mass is 9.98. The molecule has 1 aromatic carbocycles. The lowest BCUT2D eigenvalue weighted by Gasteiger charge is -2.22. The molecule has 1 aromatic rings. The maximum atomic E-state index is 12.0. The summed E-state index contributed by atoms with van der Waals surface area (Å²) in [5, 5.41) is 12.0. The van der Waals surface area contributed by atoms with Crippen LogP contribution in [0.4, 0.5) is 0 Å². The van der Waals surface area contributed by atoms with Gasteiger partial charge in [0.1, 0.15) is 11.3 Å². The van der Waals surface area contributed by atoms with Gasteiger partial charge in [-0.3, -0.25) is 4.79 Å². The summed E-state index contributed by atoms with van der Waals surface area (Å²) in [5.41, 5.74) is 0.410. The van der Waals surface area contributed by atoms with Crippen LogP contribution in [-0.4, -0.2) is 18.1 Å². The summed E-state index contributed by atoms with van der Waals surface area (Å²) in [6.07, 6.45) is 2.00. The van der Waals surface area contributed by atoms with Gasteiger partial charge in [-0.2, -0.15) is 5.26 Å². The zero-order valence-electron chi connectivity index (χ0n) is 12.8. The zero-order valence-corrected chi connectivity index (χ0v) is 12.8. The Kier molecular flexibility index (Phi) is 4.52. The highest BCUT2D eigenvalue weighted by molar-refractivity contribution is 5.79. The first-order chi connectivity index (χ1) is 9.94. The fourth-order valence-corrected chi connectivity index (χ4v) is 2.32. The van der Waals surface area contributed by atoms with Crippen LogP contribution in [0.1, 0.15) is 45.1 Å². The van der Waals surface area contributed by atoms with Gasteiger partial charge in [-0.25, -0.2) is 0 Å². The van der Waals surface area contributed by atoms with Crippen molar-refractivity contribution in [3.63, 3.8) is 0 Å². The molecular weight excluding hydrogens is 264 g/mol. The Bertz CT molecular complexity index is 558.